The molecule has 1 atom stereocenters. The number of benzene rings is 1. The second-order valence-corrected chi connectivity index (χ2v) is 9.45. The van der Waals surface area contributed by atoms with Crippen molar-refractivity contribution in [2.75, 3.05) is 26.2 Å². The Labute approximate surface area is 170 Å². The zero-order chi connectivity index (χ0) is 20.0. The number of halogens is 1. The van der Waals surface area contributed by atoms with Crippen LogP contribution in [-0.4, -0.2) is 39.6 Å². The molecule has 1 unspecified atom stereocenters. The number of sulfonamides is 1. The summed E-state index contributed by atoms with van der Waals surface area (Å²) >= 11 is 1.61. The molecule has 0 bridgehead atoms. The average Bonchev–Trinajstić information content (AvgIpc) is 3.06. The molecule has 8 heteroatoms. The zero-order valence-electron chi connectivity index (χ0n) is 16.1. The van der Waals surface area contributed by atoms with Gasteiger partial charge in [0.05, 0.1) is 11.5 Å². The third kappa shape index (κ3) is 5.31. The number of thiophene rings is 1. The van der Waals surface area contributed by atoms with E-state index in [1.54, 1.807) is 18.3 Å². The third-order valence-electron chi connectivity index (χ3n) is 4.99. The second-order valence-electron chi connectivity index (χ2n) is 6.90. The van der Waals surface area contributed by atoms with E-state index in [2.05, 4.69) is 15.0 Å². The maximum absolute atomic E-state index is 14.1. The molecule has 1 aromatic carbocycles. The van der Waals surface area contributed by atoms with Gasteiger partial charge in [-0.2, -0.15) is 11.3 Å². The number of likely N-dealkylation sites (tertiary alicyclic amines) is 1. The molecule has 0 radical (unpaired) electrons. The quantitative estimate of drug-likeness (QED) is 0.688. The SMILES string of the molecule is CCOc1ccc(S(=O)(=O)NCC(c2ccsc2)N2CCCCCC2)cc1F. The molecule has 2 heterocycles. The predicted molar refractivity (Wildman–Crippen MR) is 110 cm³/mol. The molecular weight excluding hydrogens is 399 g/mol. The molecule has 0 amide bonds. The lowest BCUT2D eigenvalue weighted by Crippen LogP contribution is -2.38. The highest BCUT2D eigenvalue weighted by atomic mass is 32.2. The fraction of sp³-hybridized carbons (Fsp3) is 0.500. The third-order valence-corrected chi connectivity index (χ3v) is 7.11. The summed E-state index contributed by atoms with van der Waals surface area (Å²) in [5.41, 5.74) is 1.12. The maximum atomic E-state index is 14.1. The normalized spacial score (nSPS) is 17.2. The van der Waals surface area contributed by atoms with Gasteiger partial charge in [0.25, 0.3) is 0 Å². The Kier molecular flexibility index (Phi) is 7.45. The molecule has 0 spiro atoms. The van der Waals surface area contributed by atoms with E-state index in [1.807, 2.05) is 11.4 Å². The molecule has 3 rings (SSSR count). The lowest BCUT2D eigenvalue weighted by atomic mass is 10.1. The molecule has 28 heavy (non-hydrogen) atoms. The van der Waals surface area contributed by atoms with E-state index >= 15 is 0 Å². The van der Waals surface area contributed by atoms with Crippen molar-refractivity contribution in [3.63, 3.8) is 0 Å². The molecule has 1 aromatic heterocycles. The molecule has 0 aliphatic carbocycles. The van der Waals surface area contributed by atoms with Gasteiger partial charge in [0.2, 0.25) is 10.0 Å². The summed E-state index contributed by atoms with van der Waals surface area (Å²) in [5, 5.41) is 4.08. The standard InChI is InChI=1S/C20H27FN2O3S2/c1-2-26-20-8-7-17(13-18(20)21)28(24,25)22-14-19(16-9-12-27-15-16)23-10-5-3-4-6-11-23/h7-9,12-13,15,19,22H,2-6,10-11,14H2,1H3. The Hall–Kier alpha value is -1.48. The average molecular weight is 427 g/mol. The van der Waals surface area contributed by atoms with E-state index in [0.29, 0.717) is 6.61 Å². The summed E-state index contributed by atoms with van der Waals surface area (Å²) in [6.45, 7) is 4.24. The molecule has 2 aromatic rings. The van der Waals surface area contributed by atoms with Gasteiger partial charge in [0, 0.05) is 12.6 Å². The number of nitrogens with one attached hydrogen (secondary N) is 1. The number of rotatable bonds is 8. The zero-order valence-corrected chi connectivity index (χ0v) is 17.7. The van der Waals surface area contributed by atoms with Gasteiger partial charge in [-0.3, -0.25) is 4.90 Å². The second kappa shape index (κ2) is 9.82. The van der Waals surface area contributed by atoms with Crippen LogP contribution in [0, 0.1) is 5.82 Å². The van der Waals surface area contributed by atoms with Crippen molar-refractivity contribution in [1.82, 2.24) is 9.62 Å². The molecule has 154 valence electrons. The van der Waals surface area contributed by atoms with E-state index in [-0.39, 0.29) is 23.2 Å². The Morgan fingerprint density at radius 3 is 2.57 bits per heavy atom. The van der Waals surface area contributed by atoms with Crippen LogP contribution >= 0.6 is 11.3 Å². The van der Waals surface area contributed by atoms with Crippen LogP contribution in [-0.2, 0) is 10.0 Å². The van der Waals surface area contributed by atoms with Crippen molar-refractivity contribution in [2.45, 2.75) is 43.5 Å². The van der Waals surface area contributed by atoms with Crippen LogP contribution in [0.15, 0.2) is 39.9 Å². The van der Waals surface area contributed by atoms with Crippen molar-refractivity contribution >= 4 is 21.4 Å². The van der Waals surface area contributed by atoms with Crippen LogP contribution < -0.4 is 9.46 Å². The molecule has 0 saturated carbocycles. The van der Waals surface area contributed by atoms with E-state index in [0.717, 1.165) is 37.6 Å². The first-order chi connectivity index (χ1) is 13.5. The van der Waals surface area contributed by atoms with Crippen LogP contribution in [0.5, 0.6) is 5.75 Å². The lowest BCUT2D eigenvalue weighted by Gasteiger charge is -2.30. The van der Waals surface area contributed by atoms with Crippen molar-refractivity contribution in [2.24, 2.45) is 0 Å². The Morgan fingerprint density at radius 2 is 1.96 bits per heavy atom. The predicted octanol–water partition coefficient (Wildman–Crippen LogP) is 4.18. The van der Waals surface area contributed by atoms with Crippen LogP contribution in [0.3, 0.4) is 0 Å². The number of hydrogen-bond acceptors (Lipinski definition) is 5. The van der Waals surface area contributed by atoms with Crippen LogP contribution in [0.1, 0.15) is 44.2 Å². The van der Waals surface area contributed by atoms with Crippen molar-refractivity contribution in [1.29, 1.82) is 0 Å². The fourth-order valence-electron chi connectivity index (χ4n) is 3.52. The molecule has 5 nitrogen and oxygen atoms in total. The lowest BCUT2D eigenvalue weighted by molar-refractivity contribution is 0.206. The van der Waals surface area contributed by atoms with Gasteiger partial charge in [0.1, 0.15) is 0 Å². The first-order valence-corrected chi connectivity index (χ1v) is 12.1. The van der Waals surface area contributed by atoms with Crippen molar-refractivity contribution in [3.8, 4) is 5.75 Å². The smallest absolute Gasteiger partial charge is 0.240 e. The Balaban J connectivity index is 1.75. The Morgan fingerprint density at radius 1 is 1.21 bits per heavy atom. The number of hydrogen-bond donors (Lipinski definition) is 1. The molecular formula is C20H27FN2O3S2. The minimum atomic E-state index is -3.82. The number of ether oxygens (including phenoxy) is 1. The van der Waals surface area contributed by atoms with Gasteiger partial charge in [0.15, 0.2) is 11.6 Å². The van der Waals surface area contributed by atoms with Gasteiger partial charge in [-0.15, -0.1) is 0 Å². The van der Waals surface area contributed by atoms with E-state index in [1.165, 1.54) is 25.0 Å². The van der Waals surface area contributed by atoms with Gasteiger partial charge in [-0.25, -0.2) is 17.5 Å². The summed E-state index contributed by atoms with van der Waals surface area (Å²) in [6.07, 6.45) is 4.67. The summed E-state index contributed by atoms with van der Waals surface area (Å²) in [4.78, 5) is 2.27. The minimum Gasteiger partial charge on any atom is -0.491 e. The molecule has 1 fully saturated rings. The first kappa shape index (κ1) is 21.2. The summed E-state index contributed by atoms with van der Waals surface area (Å²) in [6, 6.07) is 5.77. The summed E-state index contributed by atoms with van der Waals surface area (Å²) in [7, 11) is -3.82. The first-order valence-electron chi connectivity index (χ1n) is 9.69. The summed E-state index contributed by atoms with van der Waals surface area (Å²) in [5.74, 6) is -0.617. The fourth-order valence-corrected chi connectivity index (χ4v) is 5.28. The minimum absolute atomic E-state index is 0.0216. The Bertz CT molecular complexity index is 848. The van der Waals surface area contributed by atoms with Gasteiger partial charge in [-0.1, -0.05) is 12.8 Å². The molecule has 1 saturated heterocycles. The highest BCUT2D eigenvalue weighted by molar-refractivity contribution is 7.89. The van der Waals surface area contributed by atoms with Crippen molar-refractivity contribution in [3.05, 3.63) is 46.4 Å². The van der Waals surface area contributed by atoms with Crippen LogP contribution in [0.4, 0.5) is 4.39 Å². The van der Waals surface area contributed by atoms with Gasteiger partial charge < -0.3 is 4.74 Å². The monoisotopic (exact) mass is 426 g/mol. The topological polar surface area (TPSA) is 58.6 Å². The largest absolute Gasteiger partial charge is 0.491 e. The highest BCUT2D eigenvalue weighted by Gasteiger charge is 2.25. The van der Waals surface area contributed by atoms with Crippen molar-refractivity contribution < 1.29 is 17.5 Å². The highest BCUT2D eigenvalue weighted by Crippen LogP contribution is 2.27. The molecule has 1 N–H and O–H groups in total. The number of nitrogens with zero attached hydrogens (tertiary/aromatic N) is 1. The molecule has 1 aliphatic heterocycles. The maximum Gasteiger partial charge on any atom is 0.240 e. The van der Waals surface area contributed by atoms with E-state index < -0.39 is 15.8 Å². The van der Waals surface area contributed by atoms with Crippen LogP contribution in [0.25, 0.3) is 0 Å². The van der Waals surface area contributed by atoms with Gasteiger partial charge >= 0.3 is 0 Å². The molecule has 1 aliphatic rings. The van der Waals surface area contributed by atoms with Gasteiger partial charge in [-0.05, 0) is 73.4 Å². The summed E-state index contributed by atoms with van der Waals surface area (Å²) < 4.78 is 47.4. The van der Waals surface area contributed by atoms with Crippen LogP contribution in [0.2, 0.25) is 0 Å². The van der Waals surface area contributed by atoms with E-state index in [9.17, 15) is 12.8 Å². The van der Waals surface area contributed by atoms with E-state index in [4.69, 9.17) is 4.74 Å².